The van der Waals surface area contributed by atoms with E-state index in [0.29, 0.717) is 22.2 Å². The summed E-state index contributed by atoms with van der Waals surface area (Å²) in [4.78, 5) is 15.8. The Hall–Kier alpha value is -1.58. The van der Waals surface area contributed by atoms with E-state index in [9.17, 15) is 4.79 Å². The third kappa shape index (κ3) is 4.51. The first kappa shape index (κ1) is 14.8. The summed E-state index contributed by atoms with van der Waals surface area (Å²) in [7, 11) is 0. The van der Waals surface area contributed by atoms with Gasteiger partial charge in [-0.25, -0.2) is 4.79 Å². The number of hydrogen-bond acceptors (Lipinski definition) is 3. The fraction of sp³-hybridized carbons (Fsp3) is 0.200. The number of hydrogen-bond donors (Lipinski definition) is 0. The molecule has 0 saturated heterocycles. The number of aryl methyl sites for hydroxylation is 1. The number of rotatable bonds is 5. The van der Waals surface area contributed by atoms with Gasteiger partial charge >= 0.3 is 5.97 Å². The van der Waals surface area contributed by atoms with E-state index in [1.165, 1.54) is 5.56 Å². The summed E-state index contributed by atoms with van der Waals surface area (Å²) in [6, 6.07) is 8.54. The van der Waals surface area contributed by atoms with Crippen molar-refractivity contribution in [1.82, 2.24) is 4.98 Å². The highest BCUT2D eigenvalue weighted by Gasteiger charge is 2.09. The maximum atomic E-state index is 11.8. The number of halogens is 2. The molecule has 104 valence electrons. The van der Waals surface area contributed by atoms with Gasteiger partial charge in [0.2, 0.25) is 0 Å². The first-order valence-corrected chi connectivity index (χ1v) is 6.93. The van der Waals surface area contributed by atoms with Crippen LogP contribution in [0.3, 0.4) is 0 Å². The topological polar surface area (TPSA) is 39.2 Å². The molecule has 0 radical (unpaired) electrons. The van der Waals surface area contributed by atoms with Crippen molar-refractivity contribution in [1.29, 1.82) is 0 Å². The quantitative estimate of drug-likeness (QED) is 0.614. The fourth-order valence-corrected chi connectivity index (χ4v) is 2.27. The van der Waals surface area contributed by atoms with Crippen molar-refractivity contribution >= 4 is 29.2 Å². The van der Waals surface area contributed by atoms with E-state index in [1.807, 2.05) is 12.1 Å². The van der Waals surface area contributed by atoms with Gasteiger partial charge in [0.1, 0.15) is 0 Å². The Morgan fingerprint density at radius 1 is 1.10 bits per heavy atom. The van der Waals surface area contributed by atoms with Crippen molar-refractivity contribution in [3.8, 4) is 0 Å². The zero-order valence-corrected chi connectivity index (χ0v) is 12.2. The average molecular weight is 310 g/mol. The summed E-state index contributed by atoms with van der Waals surface area (Å²) in [5.41, 5.74) is 1.54. The third-order valence-electron chi connectivity index (χ3n) is 2.69. The average Bonchev–Trinajstić information content (AvgIpc) is 2.43. The molecule has 5 heteroatoms. The number of ether oxygens (including phenoxy) is 1. The molecule has 2 rings (SSSR count). The van der Waals surface area contributed by atoms with Crippen molar-refractivity contribution < 1.29 is 9.53 Å². The molecule has 0 aliphatic rings. The molecule has 0 N–H and O–H groups in total. The highest BCUT2D eigenvalue weighted by Crippen LogP contribution is 2.19. The maximum absolute atomic E-state index is 11.8. The van der Waals surface area contributed by atoms with Crippen molar-refractivity contribution in [2.45, 2.75) is 12.8 Å². The standard InChI is InChI=1S/C15H13Cl2NO2/c16-13-8-12(9-14(17)10-13)15(19)20-7-1-2-11-3-5-18-6-4-11/h3-6,8-10H,1-2,7H2. The molecule has 0 fully saturated rings. The van der Waals surface area contributed by atoms with Crippen LogP contribution in [0.4, 0.5) is 0 Å². The first-order chi connectivity index (χ1) is 9.65. The highest BCUT2D eigenvalue weighted by atomic mass is 35.5. The van der Waals surface area contributed by atoms with Gasteiger partial charge in [-0.3, -0.25) is 4.98 Å². The van der Waals surface area contributed by atoms with Crippen molar-refractivity contribution in [2.24, 2.45) is 0 Å². The molecule has 1 aromatic carbocycles. The van der Waals surface area contributed by atoms with Gasteiger partial charge in [0.25, 0.3) is 0 Å². The summed E-state index contributed by atoms with van der Waals surface area (Å²) in [6.07, 6.45) is 5.08. The Morgan fingerprint density at radius 2 is 1.75 bits per heavy atom. The normalized spacial score (nSPS) is 10.3. The minimum Gasteiger partial charge on any atom is -0.462 e. The minimum absolute atomic E-state index is 0.352. The van der Waals surface area contributed by atoms with Crippen molar-refractivity contribution in [3.05, 3.63) is 63.9 Å². The molecule has 0 aliphatic carbocycles. The van der Waals surface area contributed by atoms with Crippen molar-refractivity contribution in [2.75, 3.05) is 6.61 Å². The molecule has 0 bridgehead atoms. The first-order valence-electron chi connectivity index (χ1n) is 6.17. The Kier molecular flexibility index (Phi) is 5.39. The second-order valence-corrected chi connectivity index (χ2v) is 5.13. The van der Waals surface area contributed by atoms with Gasteiger partial charge in [0.15, 0.2) is 0 Å². The summed E-state index contributed by atoms with van der Waals surface area (Å²) in [5, 5.41) is 0.836. The Morgan fingerprint density at radius 3 is 2.40 bits per heavy atom. The maximum Gasteiger partial charge on any atom is 0.338 e. The number of esters is 1. The zero-order chi connectivity index (χ0) is 14.4. The van der Waals surface area contributed by atoms with E-state index in [1.54, 1.807) is 30.6 Å². The molecular formula is C15H13Cl2NO2. The molecule has 0 amide bonds. The van der Waals surface area contributed by atoms with E-state index >= 15 is 0 Å². The third-order valence-corrected chi connectivity index (χ3v) is 3.13. The Labute approximate surface area is 127 Å². The molecule has 0 unspecified atom stereocenters. The van der Waals surface area contributed by atoms with E-state index in [0.717, 1.165) is 12.8 Å². The monoisotopic (exact) mass is 309 g/mol. The van der Waals surface area contributed by atoms with Gasteiger partial charge in [-0.1, -0.05) is 23.2 Å². The minimum atomic E-state index is -0.413. The second-order valence-electron chi connectivity index (χ2n) is 4.25. The van der Waals surface area contributed by atoms with Crippen LogP contribution in [0.1, 0.15) is 22.3 Å². The molecule has 0 aliphatic heterocycles. The predicted molar refractivity (Wildman–Crippen MR) is 79.3 cm³/mol. The number of pyridine rings is 1. The molecule has 0 spiro atoms. The number of carbonyl (C=O) groups is 1. The summed E-state index contributed by atoms with van der Waals surface area (Å²) in [6.45, 7) is 0.352. The molecule has 3 nitrogen and oxygen atoms in total. The van der Waals surface area contributed by atoms with E-state index in [4.69, 9.17) is 27.9 Å². The molecule has 0 atom stereocenters. The number of benzene rings is 1. The Bertz CT molecular complexity index is 567. The Balaban J connectivity index is 1.80. The van der Waals surface area contributed by atoms with Crippen LogP contribution >= 0.6 is 23.2 Å². The van der Waals surface area contributed by atoms with Crippen LogP contribution in [0, 0.1) is 0 Å². The van der Waals surface area contributed by atoms with Gasteiger partial charge in [0.05, 0.1) is 12.2 Å². The lowest BCUT2D eigenvalue weighted by Crippen LogP contribution is -2.07. The lowest BCUT2D eigenvalue weighted by atomic mass is 10.1. The molecule has 2 aromatic rings. The number of carbonyl (C=O) groups excluding carboxylic acids is 1. The van der Waals surface area contributed by atoms with Gasteiger partial charge in [-0.2, -0.15) is 0 Å². The van der Waals surface area contributed by atoms with Crippen LogP contribution in [0.25, 0.3) is 0 Å². The fourth-order valence-electron chi connectivity index (χ4n) is 1.75. The second kappa shape index (κ2) is 7.27. The van der Waals surface area contributed by atoms with Crippen LogP contribution in [0.2, 0.25) is 10.0 Å². The van der Waals surface area contributed by atoms with Crippen LogP contribution in [-0.2, 0) is 11.2 Å². The van der Waals surface area contributed by atoms with Crippen molar-refractivity contribution in [3.63, 3.8) is 0 Å². The molecule has 1 aromatic heterocycles. The SMILES string of the molecule is O=C(OCCCc1ccncc1)c1cc(Cl)cc(Cl)c1. The van der Waals surface area contributed by atoms with Crippen LogP contribution in [0.5, 0.6) is 0 Å². The molecular weight excluding hydrogens is 297 g/mol. The van der Waals surface area contributed by atoms with E-state index < -0.39 is 5.97 Å². The lowest BCUT2D eigenvalue weighted by Gasteiger charge is -2.06. The van der Waals surface area contributed by atoms with Gasteiger partial charge in [0, 0.05) is 22.4 Å². The predicted octanol–water partition coefficient (Wildman–Crippen LogP) is 4.18. The molecule has 0 saturated carbocycles. The smallest absolute Gasteiger partial charge is 0.338 e. The molecule has 1 heterocycles. The lowest BCUT2D eigenvalue weighted by molar-refractivity contribution is 0.0500. The van der Waals surface area contributed by atoms with E-state index in [-0.39, 0.29) is 0 Å². The number of aromatic nitrogens is 1. The van der Waals surface area contributed by atoms with Gasteiger partial charge in [-0.15, -0.1) is 0 Å². The summed E-state index contributed by atoms with van der Waals surface area (Å²) < 4.78 is 5.19. The summed E-state index contributed by atoms with van der Waals surface area (Å²) >= 11 is 11.7. The zero-order valence-electron chi connectivity index (χ0n) is 10.7. The van der Waals surface area contributed by atoms with Crippen LogP contribution in [-0.4, -0.2) is 17.6 Å². The van der Waals surface area contributed by atoms with E-state index in [2.05, 4.69) is 4.98 Å². The largest absolute Gasteiger partial charge is 0.462 e. The van der Waals surface area contributed by atoms with Gasteiger partial charge < -0.3 is 4.74 Å². The van der Waals surface area contributed by atoms with Crippen LogP contribution in [0.15, 0.2) is 42.7 Å². The highest BCUT2D eigenvalue weighted by molar-refractivity contribution is 6.35. The number of nitrogens with zero attached hydrogens (tertiary/aromatic N) is 1. The van der Waals surface area contributed by atoms with Crippen LogP contribution < -0.4 is 0 Å². The van der Waals surface area contributed by atoms with Gasteiger partial charge in [-0.05, 0) is 48.7 Å². The summed E-state index contributed by atoms with van der Waals surface area (Å²) in [5.74, 6) is -0.413. The molecule has 20 heavy (non-hydrogen) atoms.